The van der Waals surface area contributed by atoms with Gasteiger partial charge < -0.3 is 9.84 Å². The van der Waals surface area contributed by atoms with Crippen LogP contribution in [0, 0.1) is 5.92 Å². The Morgan fingerprint density at radius 2 is 2.24 bits per heavy atom. The van der Waals surface area contributed by atoms with Crippen molar-refractivity contribution >= 4 is 17.6 Å². The summed E-state index contributed by atoms with van der Waals surface area (Å²) in [6.07, 6.45) is 3.19. The van der Waals surface area contributed by atoms with Crippen LogP contribution in [-0.2, 0) is 9.53 Å². The molecule has 90 valence electrons. The van der Waals surface area contributed by atoms with E-state index in [1.54, 1.807) is 6.08 Å². The third kappa shape index (κ3) is 1.67. The fourth-order valence-electron chi connectivity index (χ4n) is 2.19. The lowest BCUT2D eigenvalue weighted by Gasteiger charge is -2.21. The van der Waals surface area contributed by atoms with Gasteiger partial charge in [0.05, 0.1) is 5.03 Å². The molecule has 2 atom stereocenters. The molecule has 3 nitrogen and oxygen atoms in total. The first-order valence-electron chi connectivity index (χ1n) is 5.45. The van der Waals surface area contributed by atoms with Crippen molar-refractivity contribution in [3.05, 3.63) is 34.1 Å². The molecule has 0 spiro atoms. The maximum absolute atomic E-state index is 13.9. The highest BCUT2D eigenvalue weighted by atomic mass is 35.5. The zero-order chi connectivity index (χ0) is 12.2. The number of hydrogen-bond donors (Lipinski definition) is 1. The Morgan fingerprint density at radius 1 is 1.53 bits per heavy atom. The van der Waals surface area contributed by atoms with E-state index in [1.807, 2.05) is 0 Å². The van der Waals surface area contributed by atoms with Gasteiger partial charge in [0.1, 0.15) is 0 Å². The van der Waals surface area contributed by atoms with E-state index in [0.29, 0.717) is 11.5 Å². The Morgan fingerprint density at radius 3 is 2.82 bits per heavy atom. The van der Waals surface area contributed by atoms with Gasteiger partial charge in [-0.15, -0.1) is 0 Å². The molecular formula is C12H10ClFO3. The summed E-state index contributed by atoms with van der Waals surface area (Å²) in [5.41, 5.74) is 1.37. The fraction of sp³-hybridized carbons (Fsp3) is 0.417. The van der Waals surface area contributed by atoms with Crippen molar-refractivity contribution in [2.45, 2.75) is 25.1 Å². The average molecular weight is 257 g/mol. The van der Waals surface area contributed by atoms with Crippen molar-refractivity contribution in [3.8, 4) is 0 Å². The first kappa shape index (κ1) is 10.8. The number of carbonyl (C=O) groups is 1. The fourth-order valence-corrected chi connectivity index (χ4v) is 2.48. The summed E-state index contributed by atoms with van der Waals surface area (Å²) in [7, 11) is 0. The molecular weight excluding hydrogens is 247 g/mol. The number of aliphatic carboxylic acids is 1. The molecule has 0 aromatic heterocycles. The molecule has 0 radical (unpaired) electrons. The highest BCUT2D eigenvalue weighted by molar-refractivity contribution is 6.34. The number of alkyl halides is 1. The predicted molar refractivity (Wildman–Crippen MR) is 59.2 cm³/mol. The van der Waals surface area contributed by atoms with Gasteiger partial charge >= 0.3 is 5.97 Å². The predicted octanol–water partition coefficient (Wildman–Crippen LogP) is 2.53. The van der Waals surface area contributed by atoms with Gasteiger partial charge in [-0.25, -0.2) is 9.18 Å². The summed E-state index contributed by atoms with van der Waals surface area (Å²) in [5, 5.41) is 8.89. The van der Waals surface area contributed by atoms with Crippen LogP contribution in [0.5, 0.6) is 0 Å². The second-order valence-corrected chi connectivity index (χ2v) is 4.85. The number of halogens is 2. The van der Waals surface area contributed by atoms with Gasteiger partial charge in [0.25, 0.3) is 0 Å². The summed E-state index contributed by atoms with van der Waals surface area (Å²) >= 11 is 5.91. The second-order valence-electron chi connectivity index (χ2n) is 4.47. The first-order chi connectivity index (χ1) is 8.08. The van der Waals surface area contributed by atoms with Crippen molar-refractivity contribution in [1.29, 1.82) is 0 Å². The van der Waals surface area contributed by atoms with Gasteiger partial charge in [0.2, 0.25) is 5.76 Å². The summed E-state index contributed by atoms with van der Waals surface area (Å²) in [6, 6.07) is 0. The van der Waals surface area contributed by atoms with Gasteiger partial charge in [-0.05, 0) is 30.4 Å². The maximum atomic E-state index is 13.9. The summed E-state index contributed by atoms with van der Waals surface area (Å²) in [5.74, 6) is -1.21. The Bertz CT molecular complexity index is 488. The number of hydrogen-bond acceptors (Lipinski definition) is 2. The molecule has 2 aliphatic carbocycles. The molecule has 0 aromatic carbocycles. The van der Waals surface area contributed by atoms with Gasteiger partial charge in [-0.2, -0.15) is 0 Å². The van der Waals surface area contributed by atoms with Crippen molar-refractivity contribution < 1.29 is 19.0 Å². The van der Waals surface area contributed by atoms with E-state index in [-0.39, 0.29) is 10.8 Å². The third-order valence-corrected chi connectivity index (χ3v) is 3.60. The summed E-state index contributed by atoms with van der Waals surface area (Å²) in [6.45, 7) is 0. The highest BCUT2D eigenvalue weighted by Gasteiger charge is 2.42. The van der Waals surface area contributed by atoms with Crippen LogP contribution in [0.1, 0.15) is 12.8 Å². The third-order valence-electron chi connectivity index (χ3n) is 3.21. The average Bonchev–Trinajstić information content (AvgIpc) is 3.05. The zero-order valence-electron chi connectivity index (χ0n) is 8.82. The molecule has 0 saturated heterocycles. The van der Waals surface area contributed by atoms with Crippen LogP contribution in [0.2, 0.25) is 0 Å². The molecule has 5 heteroatoms. The number of fused-ring (bicyclic) bond motifs is 1. The lowest BCUT2D eigenvalue weighted by atomic mass is 9.93. The van der Waals surface area contributed by atoms with Crippen LogP contribution < -0.4 is 0 Å². The molecule has 1 aliphatic heterocycles. The van der Waals surface area contributed by atoms with Crippen LogP contribution in [-0.4, -0.2) is 23.4 Å². The number of carboxylic acid groups (broad SMARTS) is 1. The van der Waals surface area contributed by atoms with Crippen LogP contribution in [0.15, 0.2) is 34.1 Å². The normalized spacial score (nSPS) is 31.6. The molecule has 1 saturated carbocycles. The quantitative estimate of drug-likeness (QED) is 0.826. The standard InChI is InChI=1S/C12H10ClFO3/c13-9-7-3-6(5-1-2-5)4-8(14)10(7)17-11(9)12(15)16/h3-5,8,10H,1-2H2,(H,15,16). The summed E-state index contributed by atoms with van der Waals surface area (Å²) in [4.78, 5) is 10.9. The largest absolute Gasteiger partial charge is 0.475 e. The van der Waals surface area contributed by atoms with E-state index < -0.39 is 18.2 Å². The van der Waals surface area contributed by atoms with Gasteiger partial charge in [0, 0.05) is 5.57 Å². The van der Waals surface area contributed by atoms with E-state index in [4.69, 9.17) is 21.4 Å². The van der Waals surface area contributed by atoms with E-state index in [9.17, 15) is 9.18 Å². The molecule has 3 aliphatic rings. The molecule has 2 unspecified atom stereocenters. The molecule has 17 heavy (non-hydrogen) atoms. The minimum absolute atomic E-state index is 0.0244. The zero-order valence-corrected chi connectivity index (χ0v) is 9.58. The molecule has 3 rings (SSSR count). The van der Waals surface area contributed by atoms with Crippen molar-refractivity contribution in [3.63, 3.8) is 0 Å². The monoisotopic (exact) mass is 256 g/mol. The van der Waals surface area contributed by atoms with Gasteiger partial charge in [-0.3, -0.25) is 0 Å². The summed E-state index contributed by atoms with van der Waals surface area (Å²) < 4.78 is 18.9. The first-order valence-corrected chi connectivity index (χ1v) is 5.83. The maximum Gasteiger partial charge on any atom is 0.372 e. The van der Waals surface area contributed by atoms with Crippen LogP contribution in [0.4, 0.5) is 4.39 Å². The van der Waals surface area contributed by atoms with E-state index >= 15 is 0 Å². The number of carboxylic acids is 1. The highest BCUT2D eigenvalue weighted by Crippen LogP contribution is 2.45. The number of ether oxygens (including phenoxy) is 1. The van der Waals surface area contributed by atoms with Crippen molar-refractivity contribution in [2.75, 3.05) is 0 Å². The molecule has 0 amide bonds. The number of allylic oxidation sites excluding steroid dienone is 2. The lowest BCUT2D eigenvalue weighted by molar-refractivity contribution is -0.137. The number of rotatable bonds is 2. The molecule has 1 fully saturated rings. The van der Waals surface area contributed by atoms with Gasteiger partial charge in [0.15, 0.2) is 12.3 Å². The van der Waals surface area contributed by atoms with E-state index in [0.717, 1.165) is 18.4 Å². The topological polar surface area (TPSA) is 46.5 Å². The Kier molecular flexibility index (Phi) is 2.30. The van der Waals surface area contributed by atoms with E-state index in [2.05, 4.69) is 0 Å². The van der Waals surface area contributed by atoms with Crippen LogP contribution in [0.3, 0.4) is 0 Å². The molecule has 0 bridgehead atoms. The van der Waals surface area contributed by atoms with Crippen molar-refractivity contribution in [1.82, 2.24) is 0 Å². The Hall–Kier alpha value is -1.29. The molecule has 1 N–H and O–H groups in total. The minimum Gasteiger partial charge on any atom is -0.475 e. The minimum atomic E-state index is -1.32. The Balaban J connectivity index is 1.99. The second kappa shape index (κ2) is 3.60. The molecule has 0 aromatic rings. The lowest BCUT2D eigenvalue weighted by Crippen LogP contribution is -2.25. The van der Waals surface area contributed by atoms with Crippen LogP contribution in [0.25, 0.3) is 0 Å². The SMILES string of the molecule is O=C(O)C1=C(Cl)C2=CC(C3CC3)=CC(F)C2O1. The van der Waals surface area contributed by atoms with Gasteiger partial charge in [-0.1, -0.05) is 17.7 Å². The molecule has 1 heterocycles. The van der Waals surface area contributed by atoms with Crippen LogP contribution >= 0.6 is 11.6 Å². The van der Waals surface area contributed by atoms with Crippen molar-refractivity contribution in [2.24, 2.45) is 5.92 Å². The van der Waals surface area contributed by atoms with E-state index in [1.165, 1.54) is 6.08 Å². The Labute approximate surface area is 102 Å². The smallest absolute Gasteiger partial charge is 0.372 e.